The molecule has 8 heteroatoms. The predicted octanol–water partition coefficient (Wildman–Crippen LogP) is 8.30. The number of ether oxygens (including phenoxy) is 2. The van der Waals surface area contributed by atoms with Crippen LogP contribution in [0.3, 0.4) is 0 Å². The van der Waals surface area contributed by atoms with Gasteiger partial charge in [-0.3, -0.25) is 14.4 Å². The van der Waals surface area contributed by atoms with E-state index in [1.54, 1.807) is 32.1 Å². The van der Waals surface area contributed by atoms with Crippen LogP contribution in [0.4, 0.5) is 0 Å². The van der Waals surface area contributed by atoms with Crippen molar-refractivity contribution in [1.29, 1.82) is 0 Å². The summed E-state index contributed by atoms with van der Waals surface area (Å²) in [7, 11) is 0. The van der Waals surface area contributed by atoms with Crippen molar-refractivity contribution in [1.82, 2.24) is 4.98 Å². The van der Waals surface area contributed by atoms with Gasteiger partial charge < -0.3 is 14.6 Å². The van der Waals surface area contributed by atoms with Crippen LogP contribution in [0.15, 0.2) is 11.0 Å². The zero-order chi connectivity index (χ0) is 33.2. The monoisotopic (exact) mass is 633 g/mol. The maximum absolute atomic E-state index is 13.7. The first-order valence-corrected chi connectivity index (χ1v) is 17.6. The number of esters is 1. The van der Waals surface area contributed by atoms with Gasteiger partial charge in [0, 0.05) is 24.1 Å². The number of Topliss-reactive ketones (excluding diaryl/α,β-unsaturated/α-hetero) is 2. The molecular formula is C36H59NO6S. The largest absolute Gasteiger partial charge is 0.461 e. The molecule has 7 atom stereocenters. The van der Waals surface area contributed by atoms with E-state index in [1.807, 2.05) is 13.8 Å². The second-order valence-electron chi connectivity index (χ2n) is 14.2. The number of aromatic nitrogens is 1. The molecule has 2 rings (SSSR count). The normalized spacial score (nSPS) is 22.2. The number of hydrogen-bond donors (Lipinski definition) is 1. The van der Waals surface area contributed by atoms with Gasteiger partial charge in [-0.15, -0.1) is 11.3 Å². The molecule has 1 saturated heterocycles. The summed E-state index contributed by atoms with van der Waals surface area (Å²) in [6.45, 7) is 19.3. The van der Waals surface area contributed by atoms with E-state index in [1.165, 1.54) is 12.5 Å². The lowest BCUT2D eigenvalue weighted by Gasteiger charge is -2.36. The summed E-state index contributed by atoms with van der Waals surface area (Å²) < 4.78 is 11.9. The van der Waals surface area contributed by atoms with E-state index in [-0.39, 0.29) is 48.0 Å². The quantitative estimate of drug-likeness (QED) is 0.0824. The SMILES string of the molecule is CCCCCCC(=O)O[C@@H](CC(C)=O)C(C)(C)C(=O)[C@H](C)[C@@H](O)[C@@H](C)CCC[C@@]1(C)O[C@H]1C[C@H](C)/C(C)=C/c1csc(C)n1. The molecule has 1 N–H and O–H groups in total. The van der Waals surface area contributed by atoms with Gasteiger partial charge >= 0.3 is 5.97 Å². The van der Waals surface area contributed by atoms with E-state index < -0.39 is 23.5 Å². The van der Waals surface area contributed by atoms with Gasteiger partial charge in [-0.25, -0.2) is 4.98 Å². The number of aliphatic hydroxyl groups is 1. The van der Waals surface area contributed by atoms with E-state index in [0.717, 1.165) is 62.1 Å². The van der Waals surface area contributed by atoms with E-state index in [9.17, 15) is 19.5 Å². The lowest BCUT2D eigenvalue weighted by molar-refractivity contribution is -0.162. The molecule has 250 valence electrons. The fourth-order valence-electron chi connectivity index (χ4n) is 6.10. The first-order chi connectivity index (χ1) is 20.5. The smallest absolute Gasteiger partial charge is 0.306 e. The molecule has 1 aliphatic heterocycles. The fourth-order valence-corrected chi connectivity index (χ4v) is 6.67. The molecule has 0 saturated carbocycles. The average Bonchev–Trinajstić information content (AvgIpc) is 3.39. The Kier molecular flexibility index (Phi) is 14.9. The minimum Gasteiger partial charge on any atom is -0.461 e. The summed E-state index contributed by atoms with van der Waals surface area (Å²) in [4.78, 5) is 42.8. The molecule has 1 aliphatic rings. The number of epoxide rings is 1. The summed E-state index contributed by atoms with van der Waals surface area (Å²) in [5, 5.41) is 14.4. The first-order valence-electron chi connectivity index (χ1n) is 16.7. The number of aliphatic hydroxyl groups excluding tert-OH is 1. The van der Waals surface area contributed by atoms with Crippen LogP contribution in [0, 0.1) is 30.1 Å². The van der Waals surface area contributed by atoms with Gasteiger partial charge in [-0.2, -0.15) is 0 Å². The molecule has 1 aromatic heterocycles. The Morgan fingerprint density at radius 3 is 2.43 bits per heavy atom. The molecule has 1 aromatic rings. The maximum atomic E-state index is 13.7. The van der Waals surface area contributed by atoms with Crippen molar-refractivity contribution in [3.8, 4) is 0 Å². The van der Waals surface area contributed by atoms with Crippen molar-refractivity contribution in [3.63, 3.8) is 0 Å². The number of allylic oxidation sites excluding steroid dienone is 1. The van der Waals surface area contributed by atoms with Gasteiger partial charge in [-0.05, 0) is 85.1 Å². The molecule has 0 radical (unpaired) electrons. The zero-order valence-corrected chi connectivity index (χ0v) is 29.9. The summed E-state index contributed by atoms with van der Waals surface area (Å²) in [5.41, 5.74) is 1.07. The summed E-state index contributed by atoms with van der Waals surface area (Å²) in [6.07, 6.45) is 8.27. The second kappa shape index (κ2) is 17.1. The minimum absolute atomic E-state index is 0.0178. The summed E-state index contributed by atoms with van der Waals surface area (Å²) >= 11 is 1.66. The van der Waals surface area contributed by atoms with E-state index in [0.29, 0.717) is 5.92 Å². The average molecular weight is 634 g/mol. The Balaban J connectivity index is 1.87. The van der Waals surface area contributed by atoms with Crippen molar-refractivity contribution in [2.24, 2.45) is 23.2 Å². The van der Waals surface area contributed by atoms with Crippen molar-refractivity contribution >= 4 is 34.9 Å². The molecule has 0 bridgehead atoms. The van der Waals surface area contributed by atoms with E-state index in [4.69, 9.17) is 9.47 Å². The van der Waals surface area contributed by atoms with Gasteiger partial charge in [0.25, 0.3) is 0 Å². The first kappa shape index (κ1) is 38.3. The molecule has 0 spiro atoms. The van der Waals surface area contributed by atoms with Crippen LogP contribution < -0.4 is 0 Å². The molecule has 44 heavy (non-hydrogen) atoms. The van der Waals surface area contributed by atoms with Crippen molar-refractivity contribution in [2.75, 3.05) is 0 Å². The number of hydrogen-bond acceptors (Lipinski definition) is 8. The highest BCUT2D eigenvalue weighted by Crippen LogP contribution is 2.45. The van der Waals surface area contributed by atoms with Crippen LogP contribution in [-0.4, -0.2) is 51.5 Å². The number of ketones is 2. The van der Waals surface area contributed by atoms with Crippen LogP contribution in [0.25, 0.3) is 6.08 Å². The van der Waals surface area contributed by atoms with Crippen LogP contribution in [0.1, 0.15) is 137 Å². The summed E-state index contributed by atoms with van der Waals surface area (Å²) in [6, 6.07) is 0. The third kappa shape index (κ3) is 11.5. The molecular weight excluding hydrogens is 574 g/mol. The highest BCUT2D eigenvalue weighted by molar-refractivity contribution is 7.09. The third-order valence-corrected chi connectivity index (χ3v) is 10.4. The number of carbonyl (C=O) groups is 3. The number of thiazole rings is 1. The van der Waals surface area contributed by atoms with Gasteiger partial charge in [0.1, 0.15) is 17.7 Å². The summed E-state index contributed by atoms with van der Waals surface area (Å²) in [5.74, 6) is -1.06. The Labute approximate surface area is 270 Å². The zero-order valence-electron chi connectivity index (χ0n) is 29.0. The Morgan fingerprint density at radius 2 is 1.84 bits per heavy atom. The molecule has 1 fully saturated rings. The standard InChI is InChI=1S/C36H59NO6S/c1-11-12-13-14-17-32(39)42-30(21-26(5)38)35(8,9)34(41)27(6)33(40)23(2)16-15-18-36(10)31(43-36)20-25(4)24(3)19-29-22-44-28(7)37-29/h19,22-23,25,27,30-31,33,40H,11-18,20-21H2,1-10H3/b24-19+/t23-,25-,27+,30-,31-,33-,36+/m0/s1. The highest BCUT2D eigenvalue weighted by atomic mass is 32.1. The number of nitrogens with zero attached hydrogens (tertiary/aromatic N) is 1. The highest BCUT2D eigenvalue weighted by Gasteiger charge is 2.51. The van der Waals surface area contributed by atoms with Gasteiger partial charge in [0.05, 0.1) is 33.9 Å². The topological polar surface area (TPSA) is 106 Å². The Morgan fingerprint density at radius 1 is 1.16 bits per heavy atom. The van der Waals surface area contributed by atoms with Crippen molar-refractivity contribution in [3.05, 3.63) is 21.7 Å². The number of rotatable bonds is 21. The van der Waals surface area contributed by atoms with Crippen LogP contribution >= 0.6 is 11.3 Å². The molecule has 0 unspecified atom stereocenters. The third-order valence-electron chi connectivity index (χ3n) is 9.66. The minimum atomic E-state index is -1.10. The van der Waals surface area contributed by atoms with E-state index in [2.05, 4.69) is 44.1 Å². The molecule has 7 nitrogen and oxygen atoms in total. The Bertz CT molecular complexity index is 1130. The fraction of sp³-hybridized carbons (Fsp3) is 0.778. The number of aryl methyl sites for hydroxylation is 1. The van der Waals surface area contributed by atoms with E-state index >= 15 is 0 Å². The van der Waals surface area contributed by atoms with Gasteiger partial charge in [0.2, 0.25) is 0 Å². The second-order valence-corrected chi connectivity index (χ2v) is 15.2. The maximum Gasteiger partial charge on any atom is 0.306 e. The predicted molar refractivity (Wildman–Crippen MR) is 178 cm³/mol. The van der Waals surface area contributed by atoms with Crippen LogP contribution in [0.2, 0.25) is 0 Å². The van der Waals surface area contributed by atoms with Crippen molar-refractivity contribution < 1.29 is 29.0 Å². The van der Waals surface area contributed by atoms with Gasteiger partial charge in [0.15, 0.2) is 0 Å². The lowest BCUT2D eigenvalue weighted by atomic mass is 9.72. The molecule has 0 aliphatic carbocycles. The Hall–Kier alpha value is -1.90. The van der Waals surface area contributed by atoms with Gasteiger partial charge in [-0.1, -0.05) is 59.0 Å². The van der Waals surface area contributed by atoms with Crippen molar-refractivity contribution in [2.45, 2.75) is 157 Å². The van der Waals surface area contributed by atoms with Crippen LogP contribution in [-0.2, 0) is 23.9 Å². The number of carbonyl (C=O) groups excluding carboxylic acids is 3. The molecule has 0 amide bonds. The van der Waals surface area contributed by atoms with Crippen LogP contribution in [0.5, 0.6) is 0 Å². The molecule has 2 heterocycles. The lowest BCUT2D eigenvalue weighted by Crippen LogP contribution is -2.47. The molecule has 0 aromatic carbocycles. The number of unbranched alkanes of at least 4 members (excludes halogenated alkanes) is 3.